The van der Waals surface area contributed by atoms with Crippen LogP contribution in [0.2, 0.25) is 0 Å². The van der Waals surface area contributed by atoms with Crippen LogP contribution in [-0.4, -0.2) is 40.5 Å². The molecule has 1 unspecified atom stereocenters. The van der Waals surface area contributed by atoms with Gasteiger partial charge in [-0.05, 0) is 23.3 Å². The molecule has 18 heavy (non-hydrogen) atoms. The molecule has 104 valence electrons. The third kappa shape index (κ3) is 4.03. The normalized spacial score (nSPS) is 13.2. The molecule has 0 amide bonds. The average molecular weight is 255 g/mol. The van der Waals surface area contributed by atoms with Crippen molar-refractivity contribution in [1.29, 1.82) is 0 Å². The molecule has 0 aromatic carbocycles. The van der Waals surface area contributed by atoms with E-state index in [2.05, 4.69) is 41.6 Å². The van der Waals surface area contributed by atoms with E-state index in [0.717, 1.165) is 25.2 Å². The van der Waals surface area contributed by atoms with Crippen LogP contribution in [0.1, 0.15) is 45.5 Å². The molecule has 1 heterocycles. The van der Waals surface area contributed by atoms with Crippen molar-refractivity contribution >= 4 is 0 Å². The predicted octanol–water partition coefficient (Wildman–Crippen LogP) is 1.41. The van der Waals surface area contributed by atoms with Crippen LogP contribution < -0.4 is 5.32 Å². The van der Waals surface area contributed by atoms with Crippen molar-refractivity contribution in [2.45, 2.75) is 46.2 Å². The van der Waals surface area contributed by atoms with Gasteiger partial charge in [0.2, 0.25) is 0 Å². The molecule has 0 aliphatic rings. The van der Waals surface area contributed by atoms with Crippen molar-refractivity contribution in [3.8, 4) is 0 Å². The molecule has 1 N–H and O–H groups in total. The minimum atomic E-state index is 0.342. The fourth-order valence-electron chi connectivity index (χ4n) is 2.19. The molecule has 0 saturated heterocycles. The van der Waals surface area contributed by atoms with E-state index >= 15 is 0 Å². The maximum absolute atomic E-state index is 4.99. The highest BCUT2D eigenvalue weighted by atomic mass is 16.5. The summed E-state index contributed by atoms with van der Waals surface area (Å²) in [6.45, 7) is 8.80. The van der Waals surface area contributed by atoms with Gasteiger partial charge in [-0.3, -0.25) is 0 Å². The first-order valence-electron chi connectivity index (χ1n) is 6.70. The van der Waals surface area contributed by atoms with Crippen LogP contribution in [0, 0.1) is 5.92 Å². The first-order chi connectivity index (χ1) is 8.74. The fraction of sp³-hybridized carbons (Fsp3) is 0.917. The monoisotopic (exact) mass is 255 g/mol. The highest BCUT2D eigenvalue weighted by Gasteiger charge is 2.19. The SMILES string of the molecule is CCC(CC)C(C)n1nnnc1CNCCOC. The molecule has 0 spiro atoms. The highest BCUT2D eigenvalue weighted by molar-refractivity contribution is 4.84. The summed E-state index contributed by atoms with van der Waals surface area (Å²) >= 11 is 0. The summed E-state index contributed by atoms with van der Waals surface area (Å²) in [6, 6.07) is 0.342. The van der Waals surface area contributed by atoms with Crippen LogP contribution in [0.4, 0.5) is 0 Å². The zero-order valence-electron chi connectivity index (χ0n) is 11.9. The molecule has 0 radical (unpaired) electrons. The Kier molecular flexibility index (Phi) is 6.82. The smallest absolute Gasteiger partial charge is 0.165 e. The van der Waals surface area contributed by atoms with Crippen molar-refractivity contribution in [2.75, 3.05) is 20.3 Å². The second-order valence-corrected chi connectivity index (χ2v) is 4.53. The molecule has 0 saturated carbocycles. The van der Waals surface area contributed by atoms with Gasteiger partial charge in [-0.1, -0.05) is 26.7 Å². The van der Waals surface area contributed by atoms with E-state index in [0.29, 0.717) is 25.1 Å². The number of rotatable bonds is 9. The summed E-state index contributed by atoms with van der Waals surface area (Å²) in [7, 11) is 1.70. The third-order valence-electron chi connectivity index (χ3n) is 3.44. The lowest BCUT2D eigenvalue weighted by molar-refractivity contribution is 0.198. The third-order valence-corrected chi connectivity index (χ3v) is 3.44. The van der Waals surface area contributed by atoms with E-state index in [1.807, 2.05) is 4.68 Å². The zero-order valence-corrected chi connectivity index (χ0v) is 11.9. The maximum atomic E-state index is 4.99. The minimum absolute atomic E-state index is 0.342. The van der Waals surface area contributed by atoms with Gasteiger partial charge in [0.25, 0.3) is 0 Å². The fourth-order valence-corrected chi connectivity index (χ4v) is 2.19. The van der Waals surface area contributed by atoms with E-state index in [1.54, 1.807) is 7.11 Å². The van der Waals surface area contributed by atoms with Crippen molar-refractivity contribution in [1.82, 2.24) is 25.5 Å². The lowest BCUT2D eigenvalue weighted by Crippen LogP contribution is -2.24. The number of nitrogens with one attached hydrogen (secondary N) is 1. The van der Waals surface area contributed by atoms with Crippen LogP contribution in [0.15, 0.2) is 0 Å². The number of aromatic nitrogens is 4. The number of hydrogen-bond acceptors (Lipinski definition) is 5. The standard InChI is InChI=1S/C12H25N5O/c1-5-11(6-2)10(3)17-12(14-15-16-17)9-13-7-8-18-4/h10-11,13H,5-9H2,1-4H3. The molecule has 0 bridgehead atoms. The Balaban J connectivity index is 2.58. The van der Waals surface area contributed by atoms with Gasteiger partial charge in [-0.2, -0.15) is 0 Å². The lowest BCUT2D eigenvalue weighted by Gasteiger charge is -2.22. The molecule has 0 aliphatic carbocycles. The average Bonchev–Trinajstić information content (AvgIpc) is 2.84. The maximum Gasteiger partial charge on any atom is 0.165 e. The van der Waals surface area contributed by atoms with Crippen molar-refractivity contribution in [3.05, 3.63) is 5.82 Å². The van der Waals surface area contributed by atoms with Crippen LogP contribution >= 0.6 is 0 Å². The first kappa shape index (κ1) is 15.0. The summed E-state index contributed by atoms with van der Waals surface area (Å²) in [4.78, 5) is 0. The summed E-state index contributed by atoms with van der Waals surface area (Å²) < 4.78 is 6.93. The van der Waals surface area contributed by atoms with Crippen LogP contribution in [0.25, 0.3) is 0 Å². The minimum Gasteiger partial charge on any atom is -0.383 e. The van der Waals surface area contributed by atoms with Gasteiger partial charge in [0, 0.05) is 13.7 Å². The Morgan fingerprint density at radius 1 is 1.33 bits per heavy atom. The largest absolute Gasteiger partial charge is 0.383 e. The molecule has 0 aliphatic heterocycles. The van der Waals surface area contributed by atoms with Crippen LogP contribution in [-0.2, 0) is 11.3 Å². The Bertz CT molecular complexity index is 324. The second-order valence-electron chi connectivity index (χ2n) is 4.53. The zero-order chi connectivity index (χ0) is 13.4. The van der Waals surface area contributed by atoms with Crippen molar-refractivity contribution in [3.63, 3.8) is 0 Å². The molecule has 6 nitrogen and oxygen atoms in total. The summed E-state index contributed by atoms with van der Waals surface area (Å²) in [5, 5.41) is 15.3. The molecular weight excluding hydrogens is 230 g/mol. The Morgan fingerprint density at radius 2 is 2.06 bits per heavy atom. The number of tetrazole rings is 1. The van der Waals surface area contributed by atoms with E-state index in [4.69, 9.17) is 4.74 Å². The number of ether oxygens (including phenoxy) is 1. The molecule has 0 fully saturated rings. The molecule has 1 rings (SSSR count). The summed E-state index contributed by atoms with van der Waals surface area (Å²) in [6.07, 6.45) is 2.29. The van der Waals surface area contributed by atoms with Crippen molar-refractivity contribution in [2.24, 2.45) is 5.92 Å². The van der Waals surface area contributed by atoms with Gasteiger partial charge in [0.1, 0.15) is 0 Å². The second kappa shape index (κ2) is 8.16. The quantitative estimate of drug-likeness (QED) is 0.676. The Morgan fingerprint density at radius 3 is 2.67 bits per heavy atom. The predicted molar refractivity (Wildman–Crippen MR) is 70.2 cm³/mol. The topological polar surface area (TPSA) is 64.9 Å². The highest BCUT2D eigenvalue weighted by Crippen LogP contribution is 2.23. The van der Waals surface area contributed by atoms with Crippen molar-refractivity contribution < 1.29 is 4.74 Å². The Labute approximate surface area is 109 Å². The van der Waals surface area contributed by atoms with E-state index in [-0.39, 0.29) is 0 Å². The molecule has 1 aromatic heterocycles. The number of nitrogens with zero attached hydrogens (tertiary/aromatic N) is 4. The summed E-state index contributed by atoms with van der Waals surface area (Å²) in [5.74, 6) is 1.51. The van der Waals surface area contributed by atoms with E-state index < -0.39 is 0 Å². The lowest BCUT2D eigenvalue weighted by atomic mass is 9.96. The molecular formula is C12H25N5O. The first-order valence-corrected chi connectivity index (χ1v) is 6.70. The van der Waals surface area contributed by atoms with Gasteiger partial charge >= 0.3 is 0 Å². The molecule has 6 heteroatoms. The number of hydrogen-bond donors (Lipinski definition) is 1. The van der Waals surface area contributed by atoms with Crippen LogP contribution in [0.5, 0.6) is 0 Å². The van der Waals surface area contributed by atoms with Gasteiger partial charge in [-0.15, -0.1) is 5.10 Å². The molecule has 1 aromatic rings. The number of methoxy groups -OCH3 is 1. The Hall–Kier alpha value is -1.01. The van der Waals surface area contributed by atoms with E-state index in [1.165, 1.54) is 0 Å². The van der Waals surface area contributed by atoms with Gasteiger partial charge in [-0.25, -0.2) is 4.68 Å². The van der Waals surface area contributed by atoms with Gasteiger partial charge < -0.3 is 10.1 Å². The van der Waals surface area contributed by atoms with Gasteiger partial charge in [0.05, 0.1) is 19.2 Å². The van der Waals surface area contributed by atoms with Crippen LogP contribution in [0.3, 0.4) is 0 Å². The van der Waals surface area contributed by atoms with Gasteiger partial charge in [0.15, 0.2) is 5.82 Å². The molecule has 1 atom stereocenters. The van der Waals surface area contributed by atoms with E-state index in [9.17, 15) is 0 Å². The summed E-state index contributed by atoms with van der Waals surface area (Å²) in [5.41, 5.74) is 0.